The van der Waals surface area contributed by atoms with Crippen molar-refractivity contribution in [1.29, 1.82) is 0 Å². The van der Waals surface area contributed by atoms with Crippen LogP contribution in [0.15, 0.2) is 60.7 Å². The molecule has 2 N–H and O–H groups in total. The van der Waals surface area contributed by atoms with Crippen LogP contribution in [-0.4, -0.2) is 60.6 Å². The van der Waals surface area contributed by atoms with E-state index in [0.29, 0.717) is 0 Å². The lowest BCUT2D eigenvalue weighted by molar-refractivity contribution is -0.118. The molecule has 0 radical (unpaired) electrons. The number of ketones is 1. The van der Waals surface area contributed by atoms with Crippen molar-refractivity contribution < 1.29 is 33.0 Å². The van der Waals surface area contributed by atoms with Gasteiger partial charge in [0.15, 0.2) is 17.3 Å². The van der Waals surface area contributed by atoms with Gasteiger partial charge in [-0.25, -0.2) is 8.78 Å². The lowest BCUT2D eigenvalue weighted by Gasteiger charge is -2.29. The quantitative estimate of drug-likeness (QED) is 0.259. The molecular weight excluding hydrogens is 518 g/mol. The minimum Gasteiger partial charge on any atom is -0.493 e. The number of nitrogens with one attached hydrogen (secondary N) is 1. The van der Waals surface area contributed by atoms with E-state index in [1.807, 2.05) is 0 Å². The van der Waals surface area contributed by atoms with Crippen LogP contribution in [0.5, 0.6) is 11.5 Å². The number of aliphatic hydroxyl groups excluding tert-OH is 1. The molecule has 0 saturated carbocycles. The van der Waals surface area contributed by atoms with Crippen molar-refractivity contribution in [3.8, 4) is 22.6 Å². The molecule has 1 heterocycles. The second-order valence-corrected chi connectivity index (χ2v) is 10.1. The highest BCUT2D eigenvalue weighted by Crippen LogP contribution is 2.35. The molecule has 1 fully saturated rings. The minimum atomic E-state index is -1.32. The molecule has 4 rings (SSSR count). The van der Waals surface area contributed by atoms with Crippen molar-refractivity contribution >= 4 is 11.7 Å². The summed E-state index contributed by atoms with van der Waals surface area (Å²) in [5.41, 5.74) is 1.89. The van der Waals surface area contributed by atoms with E-state index in [9.17, 15) is 23.5 Å². The van der Waals surface area contributed by atoms with E-state index < -0.39 is 29.7 Å². The van der Waals surface area contributed by atoms with Crippen LogP contribution in [0, 0.1) is 11.6 Å². The van der Waals surface area contributed by atoms with Crippen molar-refractivity contribution in [3.63, 3.8) is 0 Å². The first-order chi connectivity index (χ1) is 19.2. The van der Waals surface area contributed by atoms with Crippen LogP contribution in [0.3, 0.4) is 0 Å². The number of amides is 1. The van der Waals surface area contributed by atoms with Crippen LogP contribution >= 0.6 is 0 Å². The summed E-state index contributed by atoms with van der Waals surface area (Å²) in [6, 6.07) is 14.1. The number of hydrogen-bond donors (Lipinski definition) is 2. The molecule has 1 amide bonds. The maximum absolute atomic E-state index is 15.0. The summed E-state index contributed by atoms with van der Waals surface area (Å²) < 4.78 is 39.1. The number of benzene rings is 3. The molecular formula is C31H34F2N2O5. The lowest BCUT2D eigenvalue weighted by atomic mass is 9.99. The van der Waals surface area contributed by atoms with Crippen LogP contribution in [0.1, 0.15) is 48.7 Å². The monoisotopic (exact) mass is 552 g/mol. The Labute approximate surface area is 232 Å². The smallest absolute Gasteiger partial charge is 0.292 e. The fraction of sp³-hybridized carbons (Fsp3) is 0.355. The second-order valence-electron chi connectivity index (χ2n) is 10.1. The molecule has 7 nitrogen and oxygen atoms in total. The van der Waals surface area contributed by atoms with Gasteiger partial charge in [0.25, 0.3) is 5.91 Å². The Morgan fingerprint density at radius 1 is 0.975 bits per heavy atom. The molecule has 40 heavy (non-hydrogen) atoms. The first-order valence-corrected chi connectivity index (χ1v) is 13.3. The zero-order valence-corrected chi connectivity index (χ0v) is 22.8. The Kier molecular flexibility index (Phi) is 9.50. The summed E-state index contributed by atoms with van der Waals surface area (Å²) in [4.78, 5) is 28.2. The normalized spacial score (nSPS) is 15.1. The standard InChI is InChI=1S/C31H34F2N2O5/c1-19(2)40-30-25(33)16-23(17-27(30)39-3)28(36)26(18-35-14-4-5-15-35)34-31(38)29(37)22-8-6-20(7-9-22)21-10-12-24(32)13-11-21/h6-13,16-17,19,26,28,36H,4-5,14-15,18H2,1-3H3,(H,34,38). The Hall–Kier alpha value is -3.82. The van der Waals surface area contributed by atoms with Crippen LogP contribution in [-0.2, 0) is 4.79 Å². The highest BCUT2D eigenvalue weighted by molar-refractivity contribution is 6.42. The van der Waals surface area contributed by atoms with Crippen LogP contribution < -0.4 is 14.8 Å². The summed E-state index contributed by atoms with van der Waals surface area (Å²) in [7, 11) is 1.38. The van der Waals surface area contributed by atoms with E-state index in [4.69, 9.17) is 9.47 Å². The maximum atomic E-state index is 15.0. The van der Waals surface area contributed by atoms with Gasteiger partial charge in [-0.15, -0.1) is 0 Å². The van der Waals surface area contributed by atoms with E-state index in [0.717, 1.165) is 43.1 Å². The molecule has 0 bridgehead atoms. The molecule has 1 saturated heterocycles. The predicted octanol–water partition coefficient (Wildman–Crippen LogP) is 4.92. The van der Waals surface area contributed by atoms with Gasteiger partial charge in [0.05, 0.1) is 19.3 Å². The van der Waals surface area contributed by atoms with Gasteiger partial charge < -0.3 is 24.8 Å². The number of methoxy groups -OCH3 is 1. The maximum Gasteiger partial charge on any atom is 0.292 e. The molecule has 0 aromatic heterocycles. The highest BCUT2D eigenvalue weighted by Gasteiger charge is 2.30. The third-order valence-corrected chi connectivity index (χ3v) is 6.83. The number of carbonyl (C=O) groups is 2. The van der Waals surface area contributed by atoms with Crippen LogP contribution in [0.2, 0.25) is 0 Å². The number of ether oxygens (including phenoxy) is 2. The number of halogens is 2. The predicted molar refractivity (Wildman–Crippen MR) is 147 cm³/mol. The SMILES string of the molecule is COc1cc(C(O)C(CN2CCCC2)NC(=O)C(=O)c2ccc(-c3ccc(F)cc3)cc2)cc(F)c1OC(C)C. The average molecular weight is 553 g/mol. The van der Waals surface area contributed by atoms with Crippen LogP contribution in [0.25, 0.3) is 11.1 Å². The molecule has 9 heteroatoms. The largest absolute Gasteiger partial charge is 0.493 e. The lowest BCUT2D eigenvalue weighted by Crippen LogP contribution is -2.48. The number of carbonyl (C=O) groups excluding carboxylic acids is 2. The average Bonchev–Trinajstić information content (AvgIpc) is 3.46. The van der Waals surface area contributed by atoms with Crippen molar-refractivity contribution in [1.82, 2.24) is 10.2 Å². The van der Waals surface area contributed by atoms with Gasteiger partial charge in [-0.3, -0.25) is 9.59 Å². The Morgan fingerprint density at radius 3 is 2.15 bits per heavy atom. The van der Waals surface area contributed by atoms with Gasteiger partial charge in [0.2, 0.25) is 5.78 Å². The molecule has 2 atom stereocenters. The Bertz CT molecular complexity index is 1320. The summed E-state index contributed by atoms with van der Waals surface area (Å²) in [6.07, 6.45) is 0.353. The molecule has 2 unspecified atom stereocenters. The number of aliphatic hydroxyl groups is 1. The summed E-state index contributed by atoms with van der Waals surface area (Å²) >= 11 is 0. The van der Waals surface area contributed by atoms with E-state index in [2.05, 4.69) is 10.2 Å². The van der Waals surface area contributed by atoms with Crippen molar-refractivity contribution in [2.45, 2.75) is 44.9 Å². The molecule has 0 spiro atoms. The first-order valence-electron chi connectivity index (χ1n) is 13.3. The molecule has 212 valence electrons. The zero-order chi connectivity index (χ0) is 28.8. The molecule has 3 aromatic carbocycles. The number of Topliss-reactive ketones (excluding diaryl/α,β-unsaturated/α-hetero) is 1. The molecule has 0 aliphatic carbocycles. The molecule has 1 aliphatic rings. The van der Waals surface area contributed by atoms with Crippen LogP contribution in [0.4, 0.5) is 8.78 Å². The number of likely N-dealkylation sites (tertiary alicyclic amines) is 1. The van der Waals surface area contributed by atoms with E-state index >= 15 is 0 Å². The van der Waals surface area contributed by atoms with Crippen molar-refractivity contribution in [2.75, 3.05) is 26.7 Å². The molecule has 3 aromatic rings. The third-order valence-electron chi connectivity index (χ3n) is 6.83. The van der Waals surface area contributed by atoms with E-state index in [-0.39, 0.29) is 41.1 Å². The summed E-state index contributed by atoms with van der Waals surface area (Å²) in [6.45, 7) is 5.37. The van der Waals surface area contributed by atoms with Gasteiger partial charge in [-0.1, -0.05) is 36.4 Å². The zero-order valence-electron chi connectivity index (χ0n) is 22.8. The summed E-state index contributed by atoms with van der Waals surface area (Å²) in [5.74, 6) is -2.65. The fourth-order valence-corrected chi connectivity index (χ4v) is 4.78. The van der Waals surface area contributed by atoms with Gasteiger partial charge in [-0.2, -0.15) is 0 Å². The first kappa shape index (κ1) is 29.2. The highest BCUT2D eigenvalue weighted by atomic mass is 19.1. The Balaban J connectivity index is 1.54. The van der Waals surface area contributed by atoms with E-state index in [1.54, 1.807) is 38.1 Å². The van der Waals surface area contributed by atoms with Gasteiger partial charge in [0.1, 0.15) is 11.9 Å². The second kappa shape index (κ2) is 13.0. The summed E-state index contributed by atoms with van der Waals surface area (Å²) in [5, 5.41) is 14.0. The topological polar surface area (TPSA) is 88.1 Å². The van der Waals surface area contributed by atoms with Gasteiger partial charge in [0, 0.05) is 12.1 Å². The number of rotatable bonds is 11. The fourth-order valence-electron chi connectivity index (χ4n) is 4.78. The molecule has 1 aliphatic heterocycles. The number of nitrogens with zero attached hydrogens (tertiary/aromatic N) is 1. The van der Waals surface area contributed by atoms with Gasteiger partial charge in [-0.05, 0) is 80.7 Å². The van der Waals surface area contributed by atoms with Crippen molar-refractivity contribution in [2.24, 2.45) is 0 Å². The number of hydrogen-bond acceptors (Lipinski definition) is 6. The minimum absolute atomic E-state index is 0.0622. The van der Waals surface area contributed by atoms with Gasteiger partial charge >= 0.3 is 0 Å². The van der Waals surface area contributed by atoms with E-state index in [1.165, 1.54) is 37.4 Å². The third kappa shape index (κ3) is 7.03. The van der Waals surface area contributed by atoms with Crippen molar-refractivity contribution in [3.05, 3.63) is 83.4 Å². The Morgan fingerprint density at radius 2 is 1.57 bits per heavy atom.